The van der Waals surface area contributed by atoms with Crippen LogP contribution in [0.3, 0.4) is 0 Å². The topological polar surface area (TPSA) is 61.4 Å². The minimum atomic E-state index is -0.208. The molecule has 1 aliphatic rings. The molecule has 24 heavy (non-hydrogen) atoms. The van der Waals surface area contributed by atoms with E-state index in [2.05, 4.69) is 32.0 Å². The van der Waals surface area contributed by atoms with Gasteiger partial charge in [0.1, 0.15) is 5.69 Å². The maximum atomic E-state index is 12.5. The number of nitrogens with zero attached hydrogens (tertiary/aromatic N) is 4. The summed E-state index contributed by atoms with van der Waals surface area (Å²) in [6, 6.07) is 11.1. The number of hydrogen-bond acceptors (Lipinski definition) is 5. The summed E-state index contributed by atoms with van der Waals surface area (Å²) in [5.74, 6) is 0.434. The van der Waals surface area contributed by atoms with Crippen LogP contribution in [0, 0.1) is 6.92 Å². The van der Waals surface area contributed by atoms with Crippen LogP contribution in [-0.2, 0) is 0 Å². The molecule has 0 spiro atoms. The third kappa shape index (κ3) is 3.89. The van der Waals surface area contributed by atoms with Crippen LogP contribution in [0.25, 0.3) is 0 Å². The van der Waals surface area contributed by atoms with Gasteiger partial charge in [0.15, 0.2) is 0 Å². The highest BCUT2D eigenvalue weighted by Gasteiger charge is 2.20. The fourth-order valence-electron chi connectivity index (χ4n) is 2.79. The Hall–Kier alpha value is -2.47. The normalized spacial score (nSPS) is 15.3. The van der Waals surface area contributed by atoms with Crippen LogP contribution in [0.2, 0.25) is 0 Å². The fraction of sp³-hybridized carbons (Fsp3) is 0.389. The Morgan fingerprint density at radius 2 is 1.83 bits per heavy atom. The molecule has 0 atom stereocenters. The first kappa shape index (κ1) is 16.4. The molecule has 0 unspecified atom stereocenters. The summed E-state index contributed by atoms with van der Waals surface area (Å²) in [5, 5.41) is 2.88. The summed E-state index contributed by atoms with van der Waals surface area (Å²) < 4.78 is 0. The molecule has 2 aromatic rings. The van der Waals surface area contributed by atoms with Gasteiger partial charge >= 0.3 is 0 Å². The van der Waals surface area contributed by atoms with E-state index in [-0.39, 0.29) is 5.91 Å². The summed E-state index contributed by atoms with van der Waals surface area (Å²) in [6.45, 7) is 8.90. The van der Waals surface area contributed by atoms with Gasteiger partial charge in [-0.3, -0.25) is 4.79 Å². The average molecular weight is 325 g/mol. The van der Waals surface area contributed by atoms with Gasteiger partial charge in [-0.05, 0) is 31.7 Å². The first-order valence-electron chi connectivity index (χ1n) is 8.35. The van der Waals surface area contributed by atoms with Gasteiger partial charge in [-0.1, -0.05) is 25.1 Å². The molecule has 1 aliphatic heterocycles. The Balaban J connectivity index is 1.75. The summed E-state index contributed by atoms with van der Waals surface area (Å²) in [5.41, 5.74) is 1.97. The summed E-state index contributed by atoms with van der Waals surface area (Å²) >= 11 is 0. The van der Waals surface area contributed by atoms with Crippen LogP contribution in [0.5, 0.6) is 0 Å². The van der Waals surface area contributed by atoms with Gasteiger partial charge in [0.25, 0.3) is 5.91 Å². The second kappa shape index (κ2) is 7.40. The molecule has 1 N–H and O–H groups in total. The van der Waals surface area contributed by atoms with Crippen LogP contribution >= 0.6 is 0 Å². The number of para-hydroxylation sites is 1. The summed E-state index contributed by atoms with van der Waals surface area (Å²) in [7, 11) is 0. The number of nitrogens with one attached hydrogen (secondary N) is 1. The van der Waals surface area contributed by atoms with Crippen molar-refractivity contribution in [3.05, 3.63) is 47.8 Å². The molecule has 126 valence electrons. The number of rotatable bonds is 4. The standard InChI is InChI=1S/C18H23N5O/c1-3-22-9-11-23(12-10-22)18-19-14(2)13-16(21-18)17(24)20-15-7-5-4-6-8-15/h4-8,13H,3,9-12H2,1-2H3,(H,20,24). The van der Waals surface area contributed by atoms with Crippen LogP contribution in [0.15, 0.2) is 36.4 Å². The SMILES string of the molecule is CCN1CCN(c2nc(C)cc(C(=O)Nc3ccccc3)n2)CC1. The molecule has 3 rings (SSSR count). The minimum absolute atomic E-state index is 0.208. The Morgan fingerprint density at radius 1 is 1.12 bits per heavy atom. The lowest BCUT2D eigenvalue weighted by molar-refractivity contribution is 0.102. The molecule has 6 heteroatoms. The largest absolute Gasteiger partial charge is 0.338 e. The fourth-order valence-corrected chi connectivity index (χ4v) is 2.79. The van der Waals surface area contributed by atoms with E-state index in [1.54, 1.807) is 6.07 Å². The molecule has 1 aromatic carbocycles. The number of hydrogen-bond donors (Lipinski definition) is 1. The van der Waals surface area contributed by atoms with Gasteiger partial charge in [0.05, 0.1) is 0 Å². The molecule has 1 saturated heterocycles. The average Bonchev–Trinajstić information content (AvgIpc) is 2.62. The molecule has 0 saturated carbocycles. The summed E-state index contributed by atoms with van der Waals surface area (Å²) in [4.78, 5) is 26.0. The van der Waals surface area contributed by atoms with E-state index in [0.717, 1.165) is 44.1 Å². The Labute approximate surface area is 142 Å². The molecular weight excluding hydrogens is 302 g/mol. The number of anilines is 2. The predicted molar refractivity (Wildman–Crippen MR) is 95.5 cm³/mol. The van der Waals surface area contributed by atoms with Gasteiger partial charge in [-0.2, -0.15) is 0 Å². The van der Waals surface area contributed by atoms with Crippen LogP contribution in [0.4, 0.5) is 11.6 Å². The Bertz CT molecular complexity index is 696. The van der Waals surface area contributed by atoms with Crippen LogP contribution in [0.1, 0.15) is 23.1 Å². The van der Waals surface area contributed by atoms with Crippen LogP contribution in [-0.4, -0.2) is 53.5 Å². The van der Waals surface area contributed by atoms with E-state index >= 15 is 0 Å². The smallest absolute Gasteiger partial charge is 0.274 e. The first-order valence-corrected chi connectivity index (χ1v) is 8.35. The second-order valence-electron chi connectivity index (χ2n) is 5.94. The molecule has 0 aliphatic carbocycles. The van der Waals surface area contributed by atoms with Gasteiger partial charge in [0.2, 0.25) is 5.95 Å². The zero-order valence-electron chi connectivity index (χ0n) is 14.2. The van der Waals surface area contributed by atoms with Crippen molar-refractivity contribution in [2.45, 2.75) is 13.8 Å². The van der Waals surface area contributed by atoms with E-state index in [9.17, 15) is 4.79 Å². The van der Waals surface area contributed by atoms with Gasteiger partial charge in [-0.15, -0.1) is 0 Å². The van der Waals surface area contributed by atoms with E-state index in [4.69, 9.17) is 0 Å². The highest BCUT2D eigenvalue weighted by atomic mass is 16.1. The number of amides is 1. The number of likely N-dealkylation sites (N-methyl/N-ethyl adjacent to an activating group) is 1. The molecule has 2 heterocycles. The predicted octanol–water partition coefficient (Wildman–Crippen LogP) is 2.18. The molecule has 0 radical (unpaired) electrons. The molecule has 0 bridgehead atoms. The number of benzene rings is 1. The van der Waals surface area contributed by atoms with Crippen molar-refractivity contribution in [1.29, 1.82) is 0 Å². The lowest BCUT2D eigenvalue weighted by Gasteiger charge is -2.34. The zero-order chi connectivity index (χ0) is 16.9. The monoisotopic (exact) mass is 325 g/mol. The molecular formula is C18H23N5O. The quantitative estimate of drug-likeness (QED) is 0.933. The van der Waals surface area contributed by atoms with Gasteiger partial charge < -0.3 is 15.1 Å². The maximum Gasteiger partial charge on any atom is 0.274 e. The number of carbonyl (C=O) groups excluding carboxylic acids is 1. The lowest BCUT2D eigenvalue weighted by atomic mass is 10.2. The van der Waals surface area contributed by atoms with E-state index in [1.165, 1.54) is 0 Å². The van der Waals surface area contributed by atoms with Crippen LogP contribution < -0.4 is 10.2 Å². The maximum absolute atomic E-state index is 12.5. The van der Waals surface area contributed by atoms with Gasteiger partial charge in [0, 0.05) is 37.6 Å². The molecule has 1 aromatic heterocycles. The minimum Gasteiger partial charge on any atom is -0.338 e. The van der Waals surface area contributed by atoms with Crippen molar-refractivity contribution in [2.24, 2.45) is 0 Å². The van der Waals surface area contributed by atoms with E-state index in [1.807, 2.05) is 37.3 Å². The van der Waals surface area contributed by atoms with Crippen molar-refractivity contribution >= 4 is 17.5 Å². The van der Waals surface area contributed by atoms with E-state index < -0.39 is 0 Å². The molecule has 6 nitrogen and oxygen atoms in total. The highest BCUT2D eigenvalue weighted by Crippen LogP contribution is 2.14. The van der Waals surface area contributed by atoms with E-state index in [0.29, 0.717) is 11.6 Å². The Kier molecular flexibility index (Phi) is 5.05. The summed E-state index contributed by atoms with van der Waals surface area (Å²) in [6.07, 6.45) is 0. The van der Waals surface area contributed by atoms with Crippen molar-refractivity contribution in [3.8, 4) is 0 Å². The molecule has 1 fully saturated rings. The van der Waals surface area contributed by atoms with Crippen molar-refractivity contribution in [1.82, 2.24) is 14.9 Å². The first-order chi connectivity index (χ1) is 11.7. The highest BCUT2D eigenvalue weighted by molar-refractivity contribution is 6.03. The third-order valence-corrected chi connectivity index (χ3v) is 4.21. The number of aromatic nitrogens is 2. The lowest BCUT2D eigenvalue weighted by Crippen LogP contribution is -2.47. The Morgan fingerprint density at radius 3 is 2.50 bits per heavy atom. The van der Waals surface area contributed by atoms with Crippen molar-refractivity contribution < 1.29 is 4.79 Å². The number of carbonyl (C=O) groups is 1. The third-order valence-electron chi connectivity index (χ3n) is 4.21. The van der Waals surface area contributed by atoms with Crippen molar-refractivity contribution in [3.63, 3.8) is 0 Å². The molecule has 1 amide bonds. The number of aryl methyl sites for hydroxylation is 1. The number of piperazine rings is 1. The van der Waals surface area contributed by atoms with Gasteiger partial charge in [-0.25, -0.2) is 9.97 Å². The second-order valence-corrected chi connectivity index (χ2v) is 5.94. The van der Waals surface area contributed by atoms with Crippen molar-refractivity contribution in [2.75, 3.05) is 42.9 Å². The zero-order valence-corrected chi connectivity index (χ0v) is 14.2.